The molecule has 0 unspecified atom stereocenters. The van der Waals surface area contributed by atoms with Crippen LogP contribution in [-0.2, 0) is 6.54 Å². The quantitative estimate of drug-likeness (QED) is 0.788. The lowest BCUT2D eigenvalue weighted by Crippen LogP contribution is -2.12. The summed E-state index contributed by atoms with van der Waals surface area (Å²) >= 11 is 0. The van der Waals surface area contributed by atoms with Crippen molar-refractivity contribution in [3.8, 4) is 5.75 Å². The summed E-state index contributed by atoms with van der Waals surface area (Å²) in [7, 11) is 0. The second kappa shape index (κ2) is 3.65. The van der Waals surface area contributed by atoms with E-state index in [9.17, 15) is 9.18 Å². The first-order valence-corrected chi connectivity index (χ1v) is 4.42. The van der Waals surface area contributed by atoms with Gasteiger partial charge in [0, 0.05) is 17.7 Å². The van der Waals surface area contributed by atoms with Crippen molar-refractivity contribution in [3.05, 3.63) is 29.3 Å². The van der Waals surface area contributed by atoms with Crippen LogP contribution in [0.5, 0.6) is 5.75 Å². The summed E-state index contributed by atoms with van der Waals surface area (Å²) in [5, 5.41) is 2.69. The lowest BCUT2D eigenvalue weighted by molar-refractivity contribution is 0.0966. The number of nitrogens with one attached hydrogen (secondary N) is 1. The first kappa shape index (κ1) is 8.99. The average Bonchev–Trinajstić information content (AvgIpc) is 2.58. The number of carbonyl (C=O) groups excluding carboxylic acids is 1. The number of alkyl halides is 1. The van der Waals surface area contributed by atoms with Crippen LogP contribution in [0.15, 0.2) is 18.2 Å². The third-order valence-corrected chi connectivity index (χ3v) is 2.14. The first-order chi connectivity index (χ1) is 6.83. The molecular weight excluding hydrogens is 185 g/mol. The van der Waals surface area contributed by atoms with E-state index in [1.54, 1.807) is 18.2 Å². The molecule has 14 heavy (non-hydrogen) atoms. The Labute approximate surface area is 80.9 Å². The maximum atomic E-state index is 11.9. The van der Waals surface area contributed by atoms with Crippen molar-refractivity contribution < 1.29 is 13.9 Å². The van der Waals surface area contributed by atoms with Crippen LogP contribution >= 0.6 is 0 Å². The third-order valence-electron chi connectivity index (χ3n) is 2.14. The van der Waals surface area contributed by atoms with Gasteiger partial charge in [0.05, 0.1) is 0 Å². The van der Waals surface area contributed by atoms with E-state index in [2.05, 4.69) is 5.32 Å². The molecule has 1 aliphatic rings. The third kappa shape index (κ3) is 1.43. The van der Waals surface area contributed by atoms with Gasteiger partial charge in [-0.15, -0.1) is 0 Å². The van der Waals surface area contributed by atoms with Crippen molar-refractivity contribution in [1.82, 2.24) is 5.32 Å². The lowest BCUT2D eigenvalue weighted by atomic mass is 10.1. The van der Waals surface area contributed by atoms with Gasteiger partial charge in [-0.2, -0.15) is 0 Å². The summed E-state index contributed by atoms with van der Waals surface area (Å²) in [6.45, 7) is -0.0215. The molecule has 0 fully saturated rings. The predicted molar refractivity (Wildman–Crippen MR) is 49.1 cm³/mol. The maximum Gasteiger partial charge on any atom is 0.252 e. The summed E-state index contributed by atoms with van der Waals surface area (Å²) < 4.78 is 17.1. The molecule has 1 aromatic rings. The minimum atomic E-state index is -0.523. The molecule has 2 rings (SSSR count). The fourth-order valence-corrected chi connectivity index (χ4v) is 1.51. The van der Waals surface area contributed by atoms with E-state index in [4.69, 9.17) is 4.74 Å². The molecule has 1 amide bonds. The number of fused-ring (bicyclic) bond motifs is 1. The number of halogens is 1. The number of carbonyl (C=O) groups is 1. The van der Waals surface area contributed by atoms with Crippen LogP contribution in [0, 0.1) is 0 Å². The molecule has 1 aromatic carbocycles. The van der Waals surface area contributed by atoms with Crippen LogP contribution in [0.3, 0.4) is 0 Å². The van der Waals surface area contributed by atoms with Crippen molar-refractivity contribution in [2.45, 2.75) is 6.54 Å². The molecule has 74 valence electrons. The highest BCUT2D eigenvalue weighted by atomic mass is 19.1. The molecular formula is C10H10FNO2. The zero-order valence-electron chi connectivity index (χ0n) is 7.55. The normalized spacial score (nSPS) is 13.6. The van der Waals surface area contributed by atoms with Gasteiger partial charge in [0.2, 0.25) is 0 Å². The molecule has 0 saturated carbocycles. The fourth-order valence-electron chi connectivity index (χ4n) is 1.51. The standard InChI is InChI=1S/C10H10FNO2/c11-4-5-14-9-3-1-2-7-8(9)6-12-10(7)13/h1-3H,4-6H2,(H,12,13). The van der Waals surface area contributed by atoms with Crippen molar-refractivity contribution in [2.75, 3.05) is 13.3 Å². The molecule has 1 heterocycles. The smallest absolute Gasteiger partial charge is 0.252 e. The highest BCUT2D eigenvalue weighted by Crippen LogP contribution is 2.25. The summed E-state index contributed by atoms with van der Waals surface area (Å²) in [5.41, 5.74) is 1.45. The molecule has 0 aliphatic carbocycles. The van der Waals surface area contributed by atoms with Gasteiger partial charge < -0.3 is 10.1 Å². The Morgan fingerprint density at radius 2 is 2.36 bits per heavy atom. The monoisotopic (exact) mass is 195 g/mol. The number of benzene rings is 1. The van der Waals surface area contributed by atoms with Gasteiger partial charge in [-0.3, -0.25) is 4.79 Å². The molecule has 0 bridgehead atoms. The number of hydrogen-bond acceptors (Lipinski definition) is 2. The van der Waals surface area contributed by atoms with Crippen LogP contribution in [0.4, 0.5) is 4.39 Å². The van der Waals surface area contributed by atoms with E-state index in [-0.39, 0.29) is 12.5 Å². The van der Waals surface area contributed by atoms with Gasteiger partial charge in [-0.1, -0.05) is 6.07 Å². The summed E-state index contributed by atoms with van der Waals surface area (Å²) in [4.78, 5) is 11.3. The molecule has 0 saturated heterocycles. The summed E-state index contributed by atoms with van der Waals surface area (Å²) in [5.74, 6) is 0.504. The lowest BCUT2D eigenvalue weighted by Gasteiger charge is -2.07. The highest BCUT2D eigenvalue weighted by molar-refractivity contribution is 5.99. The van der Waals surface area contributed by atoms with E-state index in [0.717, 1.165) is 5.56 Å². The Morgan fingerprint density at radius 1 is 1.50 bits per heavy atom. The number of ether oxygens (including phenoxy) is 1. The number of amides is 1. The Balaban J connectivity index is 2.29. The van der Waals surface area contributed by atoms with Crippen molar-refractivity contribution >= 4 is 5.91 Å². The number of hydrogen-bond donors (Lipinski definition) is 1. The molecule has 1 aliphatic heterocycles. The zero-order chi connectivity index (χ0) is 9.97. The van der Waals surface area contributed by atoms with E-state index in [1.165, 1.54) is 0 Å². The van der Waals surface area contributed by atoms with Crippen LogP contribution in [0.25, 0.3) is 0 Å². The van der Waals surface area contributed by atoms with Crippen LogP contribution in [0.2, 0.25) is 0 Å². The van der Waals surface area contributed by atoms with Gasteiger partial charge in [0.15, 0.2) is 0 Å². The van der Waals surface area contributed by atoms with Crippen molar-refractivity contribution in [3.63, 3.8) is 0 Å². The van der Waals surface area contributed by atoms with E-state index >= 15 is 0 Å². The van der Waals surface area contributed by atoms with Crippen LogP contribution in [0.1, 0.15) is 15.9 Å². The Bertz CT molecular complexity index is 365. The average molecular weight is 195 g/mol. The van der Waals surface area contributed by atoms with Crippen LogP contribution in [-0.4, -0.2) is 19.2 Å². The Hall–Kier alpha value is -1.58. The largest absolute Gasteiger partial charge is 0.490 e. The molecule has 0 aromatic heterocycles. The second-order valence-electron chi connectivity index (χ2n) is 3.00. The minimum Gasteiger partial charge on any atom is -0.490 e. The molecule has 4 heteroatoms. The van der Waals surface area contributed by atoms with Gasteiger partial charge >= 0.3 is 0 Å². The summed E-state index contributed by atoms with van der Waals surface area (Å²) in [6, 6.07) is 5.21. The first-order valence-electron chi connectivity index (χ1n) is 4.42. The Kier molecular flexibility index (Phi) is 2.35. The maximum absolute atomic E-state index is 11.9. The Morgan fingerprint density at radius 3 is 3.14 bits per heavy atom. The topological polar surface area (TPSA) is 38.3 Å². The van der Waals surface area contributed by atoms with Gasteiger partial charge in [-0.25, -0.2) is 4.39 Å². The van der Waals surface area contributed by atoms with Crippen molar-refractivity contribution in [2.24, 2.45) is 0 Å². The molecule has 0 spiro atoms. The predicted octanol–water partition coefficient (Wildman–Crippen LogP) is 1.28. The van der Waals surface area contributed by atoms with Crippen LogP contribution < -0.4 is 10.1 Å². The van der Waals surface area contributed by atoms with E-state index in [0.29, 0.717) is 17.9 Å². The zero-order valence-corrected chi connectivity index (χ0v) is 7.55. The second-order valence-corrected chi connectivity index (χ2v) is 3.00. The highest BCUT2D eigenvalue weighted by Gasteiger charge is 2.21. The molecule has 0 atom stereocenters. The minimum absolute atomic E-state index is 0.0324. The van der Waals surface area contributed by atoms with E-state index < -0.39 is 6.67 Å². The van der Waals surface area contributed by atoms with Gasteiger partial charge in [0.1, 0.15) is 19.0 Å². The fraction of sp³-hybridized carbons (Fsp3) is 0.300. The summed E-state index contributed by atoms with van der Waals surface area (Å²) in [6.07, 6.45) is 0. The van der Waals surface area contributed by atoms with Gasteiger partial charge in [-0.05, 0) is 12.1 Å². The number of rotatable bonds is 3. The molecule has 3 nitrogen and oxygen atoms in total. The molecule has 0 radical (unpaired) electrons. The van der Waals surface area contributed by atoms with Crippen molar-refractivity contribution in [1.29, 1.82) is 0 Å². The SMILES string of the molecule is O=C1NCc2c(OCCF)cccc21. The van der Waals surface area contributed by atoms with Gasteiger partial charge in [0.25, 0.3) is 5.91 Å². The molecule has 1 N–H and O–H groups in total. The van der Waals surface area contributed by atoms with E-state index in [1.807, 2.05) is 0 Å².